The van der Waals surface area contributed by atoms with E-state index in [1.54, 1.807) is 0 Å². The number of amides is 2. The minimum atomic E-state index is -0.811. The van der Waals surface area contributed by atoms with Crippen molar-refractivity contribution in [1.82, 2.24) is 15.5 Å². The van der Waals surface area contributed by atoms with Crippen LogP contribution in [0.4, 0.5) is 4.79 Å². The Balaban J connectivity index is 2.15. The van der Waals surface area contributed by atoms with Crippen molar-refractivity contribution in [3.05, 3.63) is 0 Å². The fourth-order valence-electron chi connectivity index (χ4n) is 2.40. The Morgan fingerprint density at radius 3 is 2.63 bits per heavy atom. The van der Waals surface area contributed by atoms with Crippen LogP contribution in [0.15, 0.2) is 0 Å². The van der Waals surface area contributed by atoms with Gasteiger partial charge in [-0.15, -0.1) is 0 Å². The molecule has 0 spiro atoms. The molecule has 0 aromatic heterocycles. The molecule has 2 unspecified atom stereocenters. The third kappa shape index (κ3) is 5.92. The summed E-state index contributed by atoms with van der Waals surface area (Å²) in [4.78, 5) is 24.7. The third-order valence-electron chi connectivity index (χ3n) is 3.47. The molecule has 6 heteroatoms. The first-order valence-electron chi connectivity index (χ1n) is 6.92. The summed E-state index contributed by atoms with van der Waals surface area (Å²) in [7, 11) is 4.04. The molecule has 0 aromatic rings. The van der Waals surface area contributed by atoms with E-state index >= 15 is 0 Å². The molecule has 110 valence electrons. The summed E-state index contributed by atoms with van der Waals surface area (Å²) in [6.07, 6.45) is 4.24. The molecule has 1 aliphatic rings. The fourth-order valence-corrected chi connectivity index (χ4v) is 2.40. The second kappa shape index (κ2) is 7.99. The minimum Gasteiger partial charge on any atom is -0.481 e. The number of carboxylic acids is 1. The quantitative estimate of drug-likeness (QED) is 0.600. The van der Waals surface area contributed by atoms with Crippen LogP contribution in [0.1, 0.15) is 32.1 Å². The van der Waals surface area contributed by atoms with Crippen LogP contribution in [-0.2, 0) is 4.79 Å². The summed E-state index contributed by atoms with van der Waals surface area (Å²) in [6.45, 7) is 1.64. The molecule has 1 saturated carbocycles. The first-order chi connectivity index (χ1) is 9.00. The first kappa shape index (κ1) is 15.8. The van der Waals surface area contributed by atoms with E-state index in [9.17, 15) is 9.59 Å². The van der Waals surface area contributed by atoms with Crippen molar-refractivity contribution in [2.24, 2.45) is 5.92 Å². The van der Waals surface area contributed by atoms with Gasteiger partial charge in [0.25, 0.3) is 0 Å². The summed E-state index contributed by atoms with van der Waals surface area (Å²) in [6, 6.07) is -0.470. The zero-order valence-corrected chi connectivity index (χ0v) is 11.8. The van der Waals surface area contributed by atoms with Crippen LogP contribution >= 0.6 is 0 Å². The van der Waals surface area contributed by atoms with Crippen LogP contribution in [0.3, 0.4) is 0 Å². The molecule has 0 aromatic carbocycles. The SMILES string of the molecule is CN(C)CCCCNC(=O)NC1CCCC1C(=O)O. The average Bonchev–Trinajstić information content (AvgIpc) is 2.76. The Hall–Kier alpha value is -1.30. The molecule has 2 atom stereocenters. The summed E-state index contributed by atoms with van der Waals surface area (Å²) < 4.78 is 0. The number of carboxylic acid groups (broad SMARTS) is 1. The summed E-state index contributed by atoms with van der Waals surface area (Å²) in [5.74, 6) is -1.24. The van der Waals surface area contributed by atoms with Gasteiger partial charge < -0.3 is 20.6 Å². The van der Waals surface area contributed by atoms with Crippen LogP contribution < -0.4 is 10.6 Å². The molecule has 6 nitrogen and oxygen atoms in total. The highest BCUT2D eigenvalue weighted by Gasteiger charge is 2.33. The molecule has 0 saturated heterocycles. The molecule has 1 fully saturated rings. The lowest BCUT2D eigenvalue weighted by Gasteiger charge is -2.18. The van der Waals surface area contributed by atoms with E-state index in [0.717, 1.165) is 32.2 Å². The maximum absolute atomic E-state index is 11.6. The van der Waals surface area contributed by atoms with Gasteiger partial charge in [-0.05, 0) is 46.3 Å². The molecule has 0 heterocycles. The zero-order chi connectivity index (χ0) is 14.3. The van der Waals surface area contributed by atoms with E-state index in [1.807, 2.05) is 14.1 Å². The van der Waals surface area contributed by atoms with Crippen molar-refractivity contribution in [3.8, 4) is 0 Å². The molecule has 0 radical (unpaired) electrons. The maximum Gasteiger partial charge on any atom is 0.315 e. The monoisotopic (exact) mass is 271 g/mol. The predicted molar refractivity (Wildman–Crippen MR) is 73.1 cm³/mol. The lowest BCUT2D eigenvalue weighted by Crippen LogP contribution is -2.45. The number of nitrogens with zero attached hydrogens (tertiary/aromatic N) is 1. The van der Waals surface area contributed by atoms with Gasteiger partial charge in [-0.25, -0.2) is 4.79 Å². The van der Waals surface area contributed by atoms with E-state index in [2.05, 4.69) is 15.5 Å². The first-order valence-corrected chi connectivity index (χ1v) is 6.92. The average molecular weight is 271 g/mol. The number of nitrogens with one attached hydrogen (secondary N) is 2. The van der Waals surface area contributed by atoms with E-state index < -0.39 is 11.9 Å². The topological polar surface area (TPSA) is 81.7 Å². The van der Waals surface area contributed by atoms with Gasteiger partial charge in [-0.3, -0.25) is 4.79 Å². The van der Waals surface area contributed by atoms with E-state index in [4.69, 9.17) is 5.11 Å². The Kier molecular flexibility index (Phi) is 6.62. The normalized spacial score (nSPS) is 22.5. The molecule has 2 amide bonds. The number of unbranched alkanes of at least 4 members (excludes halogenated alkanes) is 1. The minimum absolute atomic E-state index is 0.223. The number of carbonyl (C=O) groups is 2. The Labute approximate surface area is 114 Å². The zero-order valence-electron chi connectivity index (χ0n) is 11.8. The van der Waals surface area contributed by atoms with Crippen LogP contribution in [0, 0.1) is 5.92 Å². The molecule has 1 rings (SSSR count). The molecule has 3 N–H and O–H groups in total. The van der Waals surface area contributed by atoms with Gasteiger partial charge in [0, 0.05) is 12.6 Å². The van der Waals surface area contributed by atoms with Crippen molar-refractivity contribution in [3.63, 3.8) is 0 Å². The Morgan fingerprint density at radius 1 is 1.26 bits per heavy atom. The Morgan fingerprint density at radius 2 is 2.00 bits per heavy atom. The van der Waals surface area contributed by atoms with Crippen molar-refractivity contribution in [2.45, 2.75) is 38.1 Å². The van der Waals surface area contributed by atoms with Crippen LogP contribution in [-0.4, -0.2) is 55.2 Å². The fraction of sp³-hybridized carbons (Fsp3) is 0.846. The summed E-state index contributed by atoms with van der Waals surface area (Å²) in [5, 5.41) is 14.6. The highest BCUT2D eigenvalue weighted by molar-refractivity contribution is 5.76. The third-order valence-corrected chi connectivity index (χ3v) is 3.47. The smallest absolute Gasteiger partial charge is 0.315 e. The lowest BCUT2D eigenvalue weighted by atomic mass is 10.0. The van der Waals surface area contributed by atoms with E-state index in [-0.39, 0.29) is 12.1 Å². The number of aliphatic carboxylic acids is 1. The molecular formula is C13H25N3O3. The number of rotatable bonds is 7. The molecule has 0 aliphatic heterocycles. The van der Waals surface area contributed by atoms with Crippen molar-refractivity contribution in [2.75, 3.05) is 27.2 Å². The van der Waals surface area contributed by atoms with Crippen LogP contribution in [0.2, 0.25) is 0 Å². The summed E-state index contributed by atoms with van der Waals surface area (Å²) >= 11 is 0. The second-order valence-electron chi connectivity index (χ2n) is 5.39. The largest absolute Gasteiger partial charge is 0.481 e. The number of hydrogen-bond acceptors (Lipinski definition) is 3. The molecule has 0 bridgehead atoms. The summed E-state index contributed by atoms with van der Waals surface area (Å²) in [5.41, 5.74) is 0. The predicted octanol–water partition coefficient (Wildman–Crippen LogP) is 0.881. The van der Waals surface area contributed by atoms with Crippen LogP contribution in [0.25, 0.3) is 0 Å². The van der Waals surface area contributed by atoms with Gasteiger partial charge in [0.15, 0.2) is 0 Å². The van der Waals surface area contributed by atoms with Crippen molar-refractivity contribution < 1.29 is 14.7 Å². The van der Waals surface area contributed by atoms with E-state index in [0.29, 0.717) is 13.0 Å². The second-order valence-corrected chi connectivity index (χ2v) is 5.39. The van der Waals surface area contributed by atoms with Crippen molar-refractivity contribution in [1.29, 1.82) is 0 Å². The van der Waals surface area contributed by atoms with Crippen LogP contribution in [0.5, 0.6) is 0 Å². The molecular weight excluding hydrogens is 246 g/mol. The van der Waals surface area contributed by atoms with Gasteiger partial charge in [-0.1, -0.05) is 6.42 Å². The molecule has 1 aliphatic carbocycles. The number of hydrogen-bond donors (Lipinski definition) is 3. The van der Waals surface area contributed by atoms with Crippen molar-refractivity contribution >= 4 is 12.0 Å². The Bertz CT molecular complexity index is 308. The molecule has 19 heavy (non-hydrogen) atoms. The van der Waals surface area contributed by atoms with Gasteiger partial charge in [-0.2, -0.15) is 0 Å². The number of carbonyl (C=O) groups excluding carboxylic acids is 1. The number of urea groups is 1. The van der Waals surface area contributed by atoms with Gasteiger partial charge in [0.1, 0.15) is 0 Å². The standard InChI is InChI=1S/C13H25N3O3/c1-16(2)9-4-3-8-14-13(19)15-11-7-5-6-10(11)12(17)18/h10-11H,3-9H2,1-2H3,(H,17,18)(H2,14,15,19). The van der Waals surface area contributed by atoms with Gasteiger partial charge in [0.05, 0.1) is 5.92 Å². The maximum atomic E-state index is 11.6. The van der Waals surface area contributed by atoms with Gasteiger partial charge in [0.2, 0.25) is 0 Å². The highest BCUT2D eigenvalue weighted by Crippen LogP contribution is 2.25. The lowest BCUT2D eigenvalue weighted by molar-refractivity contribution is -0.142. The highest BCUT2D eigenvalue weighted by atomic mass is 16.4. The van der Waals surface area contributed by atoms with Gasteiger partial charge >= 0.3 is 12.0 Å². The van der Waals surface area contributed by atoms with E-state index in [1.165, 1.54) is 0 Å².